The Morgan fingerprint density at radius 3 is 2.68 bits per heavy atom. The Kier molecular flexibility index (Phi) is 5.96. The third kappa shape index (κ3) is 4.07. The zero-order valence-electron chi connectivity index (χ0n) is 16.9. The maximum atomic E-state index is 13.6. The topological polar surface area (TPSA) is 139 Å². The van der Waals surface area contributed by atoms with Gasteiger partial charge in [0.25, 0.3) is 0 Å². The van der Waals surface area contributed by atoms with E-state index in [1.54, 1.807) is 6.20 Å². The van der Waals surface area contributed by atoms with Crippen molar-refractivity contribution in [2.45, 2.75) is 44.4 Å². The van der Waals surface area contributed by atoms with Gasteiger partial charge < -0.3 is 21.1 Å². The molecule has 1 amide bonds. The summed E-state index contributed by atoms with van der Waals surface area (Å²) in [7, 11) is 0. The fraction of sp³-hybridized carbons (Fsp3) is 0.500. The number of carbonyl (C=O) groups is 1. The highest BCUT2D eigenvalue weighted by molar-refractivity contribution is 6.11. The number of rotatable bonds is 3. The van der Waals surface area contributed by atoms with Gasteiger partial charge in [0.15, 0.2) is 5.60 Å². The van der Waals surface area contributed by atoms with Crippen LogP contribution in [0.3, 0.4) is 0 Å². The molecule has 0 saturated carbocycles. The van der Waals surface area contributed by atoms with Crippen molar-refractivity contribution in [2.24, 2.45) is 11.7 Å². The number of carbonyl (C=O) groups excluding carboxylic acids is 1. The summed E-state index contributed by atoms with van der Waals surface area (Å²) in [6, 6.07) is 3.92. The van der Waals surface area contributed by atoms with Gasteiger partial charge >= 0.3 is 6.18 Å². The van der Waals surface area contributed by atoms with E-state index in [0.717, 1.165) is 11.3 Å². The molecular weight excluding hydrogens is 413 g/mol. The Morgan fingerprint density at radius 1 is 1.48 bits per heavy atom. The van der Waals surface area contributed by atoms with E-state index in [4.69, 9.17) is 16.4 Å². The van der Waals surface area contributed by atoms with Crippen molar-refractivity contribution in [2.75, 3.05) is 18.0 Å². The Labute approximate surface area is 177 Å². The second kappa shape index (κ2) is 8.19. The van der Waals surface area contributed by atoms with Gasteiger partial charge in [-0.3, -0.25) is 10.2 Å². The van der Waals surface area contributed by atoms with Crippen LogP contribution >= 0.6 is 0 Å². The molecule has 1 aromatic heterocycles. The number of aromatic nitrogens is 1. The molecule has 2 aliphatic heterocycles. The normalized spacial score (nSPS) is 24.6. The van der Waals surface area contributed by atoms with E-state index in [2.05, 4.69) is 4.98 Å². The first kappa shape index (κ1) is 22.6. The van der Waals surface area contributed by atoms with E-state index in [1.807, 2.05) is 29.3 Å². The van der Waals surface area contributed by atoms with Crippen LogP contribution in [0.5, 0.6) is 0 Å². The first-order valence-corrected chi connectivity index (χ1v) is 9.83. The second-order valence-electron chi connectivity index (χ2n) is 7.72. The highest BCUT2D eigenvalue weighted by Gasteiger charge is 2.61. The molecule has 11 heteroatoms. The van der Waals surface area contributed by atoms with Crippen molar-refractivity contribution in [3.05, 3.63) is 34.8 Å². The molecule has 31 heavy (non-hydrogen) atoms. The Balaban J connectivity index is 1.84. The van der Waals surface area contributed by atoms with Crippen LogP contribution in [-0.2, 0) is 11.2 Å². The maximum absolute atomic E-state index is 13.6. The number of nitriles is 1. The molecule has 0 aromatic carbocycles. The number of nitrogens with zero attached hydrogens (tertiary/aromatic N) is 3. The fourth-order valence-corrected chi connectivity index (χ4v) is 4.09. The highest BCUT2D eigenvalue weighted by Crippen LogP contribution is 2.43. The monoisotopic (exact) mass is 436 g/mol. The number of alkyl halides is 3. The van der Waals surface area contributed by atoms with Crippen molar-refractivity contribution in [1.29, 1.82) is 10.7 Å². The summed E-state index contributed by atoms with van der Waals surface area (Å²) >= 11 is 0. The molecule has 5 N–H and O–H groups in total. The molecule has 166 valence electrons. The Morgan fingerprint density at radius 2 is 2.13 bits per heavy atom. The number of pyridine rings is 1. The number of amides is 1. The summed E-state index contributed by atoms with van der Waals surface area (Å²) in [5, 5.41) is 29.3. The fourth-order valence-electron chi connectivity index (χ4n) is 4.09. The lowest BCUT2D eigenvalue weighted by Crippen LogP contribution is -2.59. The molecular formula is C20H23F3N6O2. The number of amidine groups is 1. The summed E-state index contributed by atoms with van der Waals surface area (Å²) in [4.78, 5) is 17.7. The Bertz CT molecular complexity index is 976. The lowest BCUT2D eigenvalue weighted by molar-refractivity contribution is -0.244. The van der Waals surface area contributed by atoms with Gasteiger partial charge in [-0.2, -0.15) is 18.4 Å². The number of halogens is 3. The average molecular weight is 436 g/mol. The smallest absolute Gasteiger partial charge is 0.401 e. The predicted molar refractivity (Wildman–Crippen MR) is 106 cm³/mol. The van der Waals surface area contributed by atoms with Gasteiger partial charge in [0.2, 0.25) is 5.91 Å². The number of nitrogens with one attached hydrogen (secondary N) is 2. The van der Waals surface area contributed by atoms with Crippen LogP contribution in [0.4, 0.5) is 18.9 Å². The van der Waals surface area contributed by atoms with Crippen molar-refractivity contribution in [1.82, 2.24) is 10.3 Å². The molecule has 0 spiro atoms. The van der Waals surface area contributed by atoms with Crippen LogP contribution in [0.15, 0.2) is 23.5 Å². The van der Waals surface area contributed by atoms with E-state index in [9.17, 15) is 23.1 Å². The number of aliphatic hydroxyl groups is 1. The number of piperidine rings is 2. The molecule has 3 heterocycles. The lowest BCUT2D eigenvalue weighted by atomic mass is 9.79. The zero-order valence-corrected chi connectivity index (χ0v) is 16.9. The summed E-state index contributed by atoms with van der Waals surface area (Å²) in [6.07, 6.45) is -3.36. The predicted octanol–water partition coefficient (Wildman–Crippen LogP) is 1.74. The Hall–Kier alpha value is -3.13. The van der Waals surface area contributed by atoms with Crippen molar-refractivity contribution >= 4 is 17.4 Å². The van der Waals surface area contributed by atoms with E-state index < -0.39 is 41.4 Å². The summed E-state index contributed by atoms with van der Waals surface area (Å²) in [5.74, 6) is -2.40. The first-order valence-electron chi connectivity index (χ1n) is 9.83. The first-order chi connectivity index (χ1) is 14.5. The standard InChI is InChI=1S/C20H23F3N6O2/c1-2-11-7-13(10-27-14(11)9-24)29-5-3-12(4-6-29)17(25)16-18(26)28-15(30)8-19(16,31)20(21,22)23/h7,10,12,31H,2-6,8,25H2,1H3,(H2,26,28,30). The van der Waals surface area contributed by atoms with Crippen LogP contribution < -0.4 is 16.0 Å². The summed E-state index contributed by atoms with van der Waals surface area (Å²) in [6.45, 7) is 2.86. The molecule has 1 aromatic rings. The molecule has 1 unspecified atom stereocenters. The van der Waals surface area contributed by atoms with Gasteiger partial charge in [0.05, 0.1) is 23.9 Å². The number of hydrogen-bond acceptors (Lipinski definition) is 7. The molecule has 0 bridgehead atoms. The molecule has 8 nitrogen and oxygen atoms in total. The van der Waals surface area contributed by atoms with Crippen LogP contribution in [0, 0.1) is 22.7 Å². The molecule has 3 rings (SSSR count). The molecule has 2 aliphatic rings. The van der Waals surface area contributed by atoms with E-state index in [-0.39, 0.29) is 5.70 Å². The molecule has 0 aliphatic carbocycles. The van der Waals surface area contributed by atoms with Crippen LogP contribution in [0.2, 0.25) is 0 Å². The minimum Gasteiger partial charge on any atom is -0.401 e. The SMILES string of the molecule is CCc1cc(N2CCC(C(N)=C3C(=N)NC(=O)CC3(O)C(F)(F)F)CC2)cnc1C#N. The van der Waals surface area contributed by atoms with Gasteiger partial charge in [-0.15, -0.1) is 0 Å². The number of nitrogens with two attached hydrogens (primary N) is 1. The molecule has 2 saturated heterocycles. The third-order valence-corrected chi connectivity index (χ3v) is 5.84. The van der Waals surface area contributed by atoms with E-state index in [0.29, 0.717) is 38.0 Å². The average Bonchev–Trinajstić information content (AvgIpc) is 2.71. The quantitative estimate of drug-likeness (QED) is 0.569. The highest BCUT2D eigenvalue weighted by atomic mass is 19.4. The maximum Gasteiger partial charge on any atom is 0.422 e. The van der Waals surface area contributed by atoms with Crippen LogP contribution in [-0.4, -0.2) is 46.7 Å². The second-order valence-corrected chi connectivity index (χ2v) is 7.72. The summed E-state index contributed by atoms with van der Waals surface area (Å²) < 4.78 is 40.8. The summed E-state index contributed by atoms with van der Waals surface area (Å²) in [5.41, 5.74) is 3.56. The van der Waals surface area contributed by atoms with Gasteiger partial charge in [0.1, 0.15) is 17.6 Å². The van der Waals surface area contributed by atoms with Crippen molar-refractivity contribution < 1.29 is 23.1 Å². The number of allylic oxidation sites excluding steroid dienone is 1. The van der Waals surface area contributed by atoms with Gasteiger partial charge in [0, 0.05) is 24.7 Å². The zero-order chi connectivity index (χ0) is 23.0. The van der Waals surface area contributed by atoms with E-state index in [1.165, 1.54) is 0 Å². The van der Waals surface area contributed by atoms with E-state index >= 15 is 0 Å². The minimum atomic E-state index is -5.15. The third-order valence-electron chi connectivity index (χ3n) is 5.84. The number of anilines is 1. The molecule has 1 atom stereocenters. The molecule has 0 radical (unpaired) electrons. The van der Waals surface area contributed by atoms with Gasteiger partial charge in [-0.05, 0) is 30.9 Å². The van der Waals surface area contributed by atoms with Crippen LogP contribution in [0.25, 0.3) is 0 Å². The van der Waals surface area contributed by atoms with Crippen molar-refractivity contribution in [3.63, 3.8) is 0 Å². The van der Waals surface area contributed by atoms with Crippen LogP contribution in [0.1, 0.15) is 37.4 Å². The minimum absolute atomic E-state index is 0.225. The number of hydrogen-bond donors (Lipinski definition) is 4. The largest absolute Gasteiger partial charge is 0.422 e. The lowest BCUT2D eigenvalue weighted by Gasteiger charge is -2.40. The van der Waals surface area contributed by atoms with Gasteiger partial charge in [-0.25, -0.2) is 4.98 Å². The van der Waals surface area contributed by atoms with Gasteiger partial charge in [-0.1, -0.05) is 6.92 Å². The molecule has 2 fully saturated rings. The van der Waals surface area contributed by atoms with Crippen molar-refractivity contribution in [3.8, 4) is 6.07 Å². The number of aryl methyl sites for hydroxylation is 1.